The first kappa shape index (κ1) is 15.9. The van der Waals surface area contributed by atoms with E-state index in [0.717, 1.165) is 51.4 Å². The van der Waals surface area contributed by atoms with Crippen molar-refractivity contribution in [2.75, 3.05) is 6.54 Å². The van der Waals surface area contributed by atoms with E-state index in [0.29, 0.717) is 18.2 Å². The van der Waals surface area contributed by atoms with Gasteiger partial charge in [-0.2, -0.15) is 0 Å². The second-order valence-electron chi connectivity index (χ2n) is 6.26. The van der Waals surface area contributed by atoms with Gasteiger partial charge in [-0.3, -0.25) is 19.3 Å². The molecule has 1 fully saturated rings. The molecule has 4 heteroatoms. The summed E-state index contributed by atoms with van der Waals surface area (Å²) in [4.78, 5) is 36.5. The summed E-state index contributed by atoms with van der Waals surface area (Å²) in [5.41, 5.74) is 0. The highest BCUT2D eigenvalue weighted by Gasteiger charge is 2.30. The highest BCUT2D eigenvalue weighted by molar-refractivity contribution is 6.12. The smallest absolute Gasteiger partial charge is 0.253 e. The van der Waals surface area contributed by atoms with E-state index in [9.17, 15) is 14.4 Å². The summed E-state index contributed by atoms with van der Waals surface area (Å²) in [6, 6.07) is 0. The molecule has 116 valence electrons. The standard InChI is InChI=1S/C17H25NO3/c1-2-3-4-5-15(19)14-8-6-13(7-9-14)12-18-16(20)10-11-17(18)21/h10-11,13-14H,2-9,12H2,1H3. The number of rotatable bonds is 7. The van der Waals surface area contributed by atoms with Gasteiger partial charge in [0.15, 0.2) is 0 Å². The SMILES string of the molecule is CCCCCC(=O)C1CCC(CN2C(=O)C=CC2=O)CC1. The van der Waals surface area contributed by atoms with Crippen LogP contribution in [0.2, 0.25) is 0 Å². The molecule has 0 unspecified atom stereocenters. The Balaban J connectivity index is 1.72. The number of hydrogen-bond donors (Lipinski definition) is 0. The molecule has 2 amide bonds. The Kier molecular flexibility index (Phi) is 5.71. The van der Waals surface area contributed by atoms with Crippen LogP contribution in [0.1, 0.15) is 58.3 Å². The van der Waals surface area contributed by atoms with Gasteiger partial charge in [0.1, 0.15) is 5.78 Å². The highest BCUT2D eigenvalue weighted by Crippen LogP contribution is 2.31. The molecule has 0 N–H and O–H groups in total. The summed E-state index contributed by atoms with van der Waals surface area (Å²) in [6.45, 7) is 2.66. The fourth-order valence-electron chi connectivity index (χ4n) is 3.29. The molecule has 1 aliphatic heterocycles. The van der Waals surface area contributed by atoms with Gasteiger partial charge in [0.25, 0.3) is 11.8 Å². The van der Waals surface area contributed by atoms with Gasteiger partial charge in [0.2, 0.25) is 0 Å². The van der Waals surface area contributed by atoms with Crippen molar-refractivity contribution >= 4 is 17.6 Å². The molecule has 2 aliphatic rings. The molecule has 0 radical (unpaired) electrons. The average Bonchev–Trinajstić information content (AvgIpc) is 2.80. The second-order valence-corrected chi connectivity index (χ2v) is 6.26. The van der Waals surface area contributed by atoms with E-state index >= 15 is 0 Å². The lowest BCUT2D eigenvalue weighted by atomic mass is 9.79. The van der Waals surface area contributed by atoms with Crippen molar-refractivity contribution in [3.8, 4) is 0 Å². The van der Waals surface area contributed by atoms with Crippen molar-refractivity contribution in [1.29, 1.82) is 0 Å². The van der Waals surface area contributed by atoms with Crippen molar-refractivity contribution in [1.82, 2.24) is 4.90 Å². The summed E-state index contributed by atoms with van der Waals surface area (Å²) in [5.74, 6) is 0.589. The predicted octanol–water partition coefficient (Wildman–Crippen LogP) is 2.87. The van der Waals surface area contributed by atoms with Crippen LogP contribution >= 0.6 is 0 Å². The minimum Gasteiger partial charge on any atom is -0.299 e. The van der Waals surface area contributed by atoms with Crippen molar-refractivity contribution in [3.05, 3.63) is 12.2 Å². The highest BCUT2D eigenvalue weighted by atomic mass is 16.2. The summed E-state index contributed by atoms with van der Waals surface area (Å²) in [7, 11) is 0. The molecule has 1 heterocycles. The lowest BCUT2D eigenvalue weighted by molar-refractivity contribution is -0.138. The van der Waals surface area contributed by atoms with E-state index in [2.05, 4.69) is 6.92 Å². The van der Waals surface area contributed by atoms with E-state index in [1.807, 2.05) is 0 Å². The summed E-state index contributed by atoms with van der Waals surface area (Å²) in [6.07, 6.45) is 10.4. The van der Waals surface area contributed by atoms with Gasteiger partial charge in [0, 0.05) is 31.0 Å². The Hall–Kier alpha value is -1.45. The van der Waals surface area contributed by atoms with Crippen LogP contribution in [0.25, 0.3) is 0 Å². The molecular formula is C17H25NO3. The first-order valence-corrected chi connectivity index (χ1v) is 8.18. The Morgan fingerprint density at radius 1 is 1.10 bits per heavy atom. The molecule has 4 nitrogen and oxygen atoms in total. The first-order valence-electron chi connectivity index (χ1n) is 8.18. The van der Waals surface area contributed by atoms with Crippen LogP contribution in [0, 0.1) is 11.8 Å². The van der Waals surface area contributed by atoms with Gasteiger partial charge in [-0.15, -0.1) is 0 Å². The van der Waals surface area contributed by atoms with Crippen molar-refractivity contribution in [2.24, 2.45) is 11.8 Å². The van der Waals surface area contributed by atoms with Gasteiger partial charge in [-0.25, -0.2) is 0 Å². The molecular weight excluding hydrogens is 266 g/mol. The lowest BCUT2D eigenvalue weighted by Crippen LogP contribution is -2.36. The fraction of sp³-hybridized carbons (Fsp3) is 0.706. The van der Waals surface area contributed by atoms with Crippen molar-refractivity contribution in [2.45, 2.75) is 58.3 Å². The summed E-state index contributed by atoms with van der Waals surface area (Å²) < 4.78 is 0. The van der Waals surface area contributed by atoms with Crippen LogP contribution in [0.4, 0.5) is 0 Å². The number of hydrogen-bond acceptors (Lipinski definition) is 3. The number of carbonyl (C=O) groups excluding carboxylic acids is 3. The van der Waals surface area contributed by atoms with Crippen LogP contribution in [-0.2, 0) is 14.4 Å². The van der Waals surface area contributed by atoms with Crippen molar-refractivity contribution in [3.63, 3.8) is 0 Å². The number of nitrogens with zero attached hydrogens (tertiary/aromatic N) is 1. The molecule has 0 aromatic rings. The van der Waals surface area contributed by atoms with E-state index in [-0.39, 0.29) is 17.7 Å². The molecule has 0 atom stereocenters. The molecule has 0 aromatic heterocycles. The Labute approximate surface area is 126 Å². The third kappa shape index (κ3) is 4.26. The van der Waals surface area contributed by atoms with Gasteiger partial charge < -0.3 is 0 Å². The lowest BCUT2D eigenvalue weighted by Gasteiger charge is -2.30. The summed E-state index contributed by atoms with van der Waals surface area (Å²) >= 11 is 0. The average molecular weight is 291 g/mol. The van der Waals surface area contributed by atoms with Crippen LogP contribution in [0.15, 0.2) is 12.2 Å². The maximum atomic E-state index is 12.1. The Bertz CT molecular complexity index is 415. The quantitative estimate of drug-likeness (QED) is 0.535. The maximum Gasteiger partial charge on any atom is 0.253 e. The monoisotopic (exact) mass is 291 g/mol. The first-order chi connectivity index (χ1) is 10.1. The number of amides is 2. The van der Waals surface area contributed by atoms with Gasteiger partial charge >= 0.3 is 0 Å². The number of unbranched alkanes of at least 4 members (excludes halogenated alkanes) is 2. The van der Waals surface area contributed by atoms with Crippen LogP contribution in [-0.4, -0.2) is 29.0 Å². The molecule has 21 heavy (non-hydrogen) atoms. The van der Waals surface area contributed by atoms with Crippen molar-refractivity contribution < 1.29 is 14.4 Å². The van der Waals surface area contributed by atoms with Gasteiger partial charge in [-0.05, 0) is 38.0 Å². The van der Waals surface area contributed by atoms with Crippen LogP contribution in [0.5, 0.6) is 0 Å². The number of ketones is 1. The molecule has 1 aliphatic carbocycles. The third-order valence-corrected chi connectivity index (χ3v) is 4.67. The summed E-state index contributed by atoms with van der Waals surface area (Å²) in [5, 5.41) is 0. The van der Waals surface area contributed by atoms with E-state index in [1.54, 1.807) is 0 Å². The minimum absolute atomic E-state index is 0.197. The predicted molar refractivity (Wildman–Crippen MR) is 80.5 cm³/mol. The number of Topliss-reactive ketones (excluding diaryl/α,β-unsaturated/α-hetero) is 1. The zero-order chi connectivity index (χ0) is 15.2. The van der Waals surface area contributed by atoms with Gasteiger partial charge in [-0.1, -0.05) is 19.8 Å². The van der Waals surface area contributed by atoms with Crippen LogP contribution < -0.4 is 0 Å². The molecule has 0 aromatic carbocycles. The minimum atomic E-state index is -0.197. The zero-order valence-corrected chi connectivity index (χ0v) is 12.8. The number of carbonyl (C=O) groups is 3. The molecule has 0 saturated heterocycles. The topological polar surface area (TPSA) is 54.5 Å². The molecule has 1 saturated carbocycles. The maximum absolute atomic E-state index is 12.1. The van der Waals surface area contributed by atoms with Gasteiger partial charge in [0.05, 0.1) is 0 Å². The zero-order valence-electron chi connectivity index (χ0n) is 12.8. The molecule has 2 rings (SSSR count). The van der Waals surface area contributed by atoms with E-state index < -0.39 is 0 Å². The van der Waals surface area contributed by atoms with E-state index in [4.69, 9.17) is 0 Å². The van der Waals surface area contributed by atoms with Crippen LogP contribution in [0.3, 0.4) is 0 Å². The Morgan fingerprint density at radius 3 is 2.29 bits per heavy atom. The largest absolute Gasteiger partial charge is 0.299 e. The molecule has 0 spiro atoms. The normalized spacial score (nSPS) is 25.7. The van der Waals surface area contributed by atoms with E-state index in [1.165, 1.54) is 17.1 Å². The Morgan fingerprint density at radius 2 is 1.71 bits per heavy atom. The number of imide groups is 1. The molecule has 0 bridgehead atoms. The fourth-order valence-corrected chi connectivity index (χ4v) is 3.29. The second kappa shape index (κ2) is 7.53. The third-order valence-electron chi connectivity index (χ3n) is 4.67.